The van der Waals surface area contributed by atoms with Gasteiger partial charge in [0.2, 0.25) is 0 Å². The van der Waals surface area contributed by atoms with Crippen LogP contribution < -0.4 is 0 Å². The number of aliphatic hydroxyl groups excluding tert-OH is 1. The first-order valence-electron chi connectivity index (χ1n) is 8.98. The van der Waals surface area contributed by atoms with Crippen molar-refractivity contribution < 1.29 is 14.0 Å². The molecule has 0 aliphatic carbocycles. The molecule has 0 rings (SSSR count). The largest absolute Gasteiger partial charge is 0.417 e. The van der Waals surface area contributed by atoms with Crippen molar-refractivity contribution >= 4 is 16.6 Å². The van der Waals surface area contributed by atoms with Gasteiger partial charge in [-0.2, -0.15) is 0 Å². The summed E-state index contributed by atoms with van der Waals surface area (Å²) in [6.07, 6.45) is 0.937. The van der Waals surface area contributed by atoms with Gasteiger partial charge in [0.25, 0.3) is 0 Å². The lowest BCUT2D eigenvalue weighted by atomic mass is 10.0. The van der Waals surface area contributed by atoms with Gasteiger partial charge in [-0.05, 0) is 42.7 Å². The lowest BCUT2D eigenvalue weighted by Gasteiger charge is -2.41. The molecule has 3 nitrogen and oxygen atoms in total. The van der Waals surface area contributed by atoms with Crippen LogP contribution in [0, 0.1) is 5.92 Å². The van der Waals surface area contributed by atoms with Crippen molar-refractivity contribution in [2.75, 3.05) is 13.2 Å². The quantitative estimate of drug-likeness (QED) is 0.586. The fraction of sp³-hybridized carbons (Fsp3) is 1.00. The average molecular weight is 363 g/mol. The Bertz CT molecular complexity index is 354. The summed E-state index contributed by atoms with van der Waals surface area (Å²) in [6.45, 7) is 25.6. The molecule has 0 spiro atoms. The van der Waals surface area contributed by atoms with E-state index in [9.17, 15) is 5.11 Å². The minimum atomic E-state index is -1.83. The standard InChI is InChI=1S/C18H42O3Si2/c1-15(14-19)16(21-23(10,11)18(5,6)7)12-13-20-22(8,9)17(2,3)4/h15-16,19H,12-14H2,1-11H3/t15-,16+/m1/s1. The zero-order valence-corrected chi connectivity index (χ0v) is 19.5. The molecule has 0 aromatic rings. The Balaban J connectivity index is 4.85. The number of hydrogen-bond donors (Lipinski definition) is 1. The van der Waals surface area contributed by atoms with Crippen LogP contribution in [0.25, 0.3) is 0 Å². The van der Waals surface area contributed by atoms with Gasteiger partial charge in [-0.1, -0.05) is 48.5 Å². The molecule has 1 N–H and O–H groups in total. The molecule has 0 aliphatic rings. The summed E-state index contributed by atoms with van der Waals surface area (Å²) in [5.41, 5.74) is 0. The first-order chi connectivity index (χ1) is 10.0. The predicted molar refractivity (Wildman–Crippen MR) is 106 cm³/mol. The highest BCUT2D eigenvalue weighted by molar-refractivity contribution is 6.74. The highest BCUT2D eigenvalue weighted by Gasteiger charge is 2.41. The zero-order chi connectivity index (χ0) is 18.7. The fourth-order valence-electron chi connectivity index (χ4n) is 1.78. The van der Waals surface area contributed by atoms with E-state index in [0.29, 0.717) is 0 Å². The highest BCUT2D eigenvalue weighted by Crippen LogP contribution is 2.39. The van der Waals surface area contributed by atoms with Gasteiger partial charge in [0.15, 0.2) is 16.6 Å². The van der Waals surface area contributed by atoms with Crippen molar-refractivity contribution in [3.8, 4) is 0 Å². The van der Waals surface area contributed by atoms with Crippen molar-refractivity contribution in [1.29, 1.82) is 0 Å². The van der Waals surface area contributed by atoms with E-state index >= 15 is 0 Å². The Labute approximate surface area is 147 Å². The Morgan fingerprint density at radius 2 is 1.30 bits per heavy atom. The van der Waals surface area contributed by atoms with E-state index in [1.54, 1.807) is 0 Å². The maximum absolute atomic E-state index is 9.60. The van der Waals surface area contributed by atoms with E-state index in [4.69, 9.17) is 8.85 Å². The van der Waals surface area contributed by atoms with Crippen LogP contribution in [0.2, 0.25) is 36.3 Å². The van der Waals surface area contributed by atoms with Crippen molar-refractivity contribution in [1.82, 2.24) is 0 Å². The van der Waals surface area contributed by atoms with Crippen LogP contribution in [-0.2, 0) is 8.85 Å². The van der Waals surface area contributed by atoms with E-state index < -0.39 is 16.6 Å². The minimum Gasteiger partial charge on any atom is -0.417 e. The summed E-state index contributed by atoms with van der Waals surface area (Å²) in [6, 6.07) is 0. The molecule has 0 aliphatic heterocycles. The van der Waals surface area contributed by atoms with E-state index in [2.05, 4.69) is 74.7 Å². The van der Waals surface area contributed by atoms with Gasteiger partial charge in [-0.25, -0.2) is 0 Å². The van der Waals surface area contributed by atoms with Crippen LogP contribution in [0.4, 0.5) is 0 Å². The molecule has 140 valence electrons. The predicted octanol–water partition coefficient (Wildman–Crippen LogP) is 5.42. The molecule has 0 heterocycles. The molecule has 2 atom stereocenters. The first kappa shape index (κ1) is 23.3. The summed E-state index contributed by atoms with van der Waals surface area (Å²) in [7, 11) is -3.55. The molecule has 0 bridgehead atoms. The Hall–Kier alpha value is 0.314. The molecule has 0 saturated heterocycles. The molecular weight excluding hydrogens is 320 g/mol. The minimum absolute atomic E-state index is 0.0747. The van der Waals surface area contributed by atoms with Crippen LogP contribution in [-0.4, -0.2) is 41.1 Å². The normalized spacial score (nSPS) is 17.2. The molecular formula is C18H42O3Si2. The molecule has 0 fully saturated rings. The van der Waals surface area contributed by atoms with Gasteiger partial charge in [0.1, 0.15) is 0 Å². The van der Waals surface area contributed by atoms with Gasteiger partial charge in [-0.15, -0.1) is 0 Å². The summed E-state index contributed by atoms with van der Waals surface area (Å²) >= 11 is 0. The summed E-state index contributed by atoms with van der Waals surface area (Å²) in [4.78, 5) is 0. The van der Waals surface area contributed by atoms with Crippen LogP contribution in [0.5, 0.6) is 0 Å². The first-order valence-corrected chi connectivity index (χ1v) is 14.8. The summed E-state index contributed by atoms with van der Waals surface area (Å²) in [5, 5.41) is 10.0. The van der Waals surface area contributed by atoms with Crippen LogP contribution in [0.3, 0.4) is 0 Å². The summed E-state index contributed by atoms with van der Waals surface area (Å²) in [5.74, 6) is 0.146. The molecule has 0 unspecified atom stereocenters. The third kappa shape index (κ3) is 6.98. The van der Waals surface area contributed by atoms with Gasteiger partial charge >= 0.3 is 0 Å². The second-order valence-electron chi connectivity index (χ2n) is 9.97. The Morgan fingerprint density at radius 1 is 0.870 bits per heavy atom. The Kier molecular flexibility index (Phi) is 8.24. The molecule has 0 radical (unpaired) electrons. The molecule has 23 heavy (non-hydrogen) atoms. The third-order valence-corrected chi connectivity index (χ3v) is 14.9. The number of aliphatic hydroxyl groups is 1. The highest BCUT2D eigenvalue weighted by atomic mass is 28.4. The maximum atomic E-state index is 9.60. The second-order valence-corrected chi connectivity index (χ2v) is 19.5. The van der Waals surface area contributed by atoms with Crippen LogP contribution in [0.1, 0.15) is 54.9 Å². The van der Waals surface area contributed by atoms with E-state index in [1.807, 2.05) is 0 Å². The Morgan fingerprint density at radius 3 is 1.65 bits per heavy atom. The van der Waals surface area contributed by atoms with Crippen molar-refractivity contribution in [2.45, 2.75) is 97.3 Å². The summed E-state index contributed by atoms with van der Waals surface area (Å²) < 4.78 is 12.9. The van der Waals surface area contributed by atoms with Crippen molar-refractivity contribution in [3.63, 3.8) is 0 Å². The van der Waals surface area contributed by atoms with Crippen molar-refractivity contribution in [2.24, 2.45) is 5.92 Å². The van der Waals surface area contributed by atoms with Gasteiger partial charge in [-0.3, -0.25) is 0 Å². The molecule has 0 saturated carbocycles. The van der Waals surface area contributed by atoms with E-state index in [1.165, 1.54) is 0 Å². The van der Waals surface area contributed by atoms with Gasteiger partial charge in [0, 0.05) is 19.1 Å². The lowest BCUT2D eigenvalue weighted by molar-refractivity contribution is 0.0654. The van der Waals surface area contributed by atoms with Gasteiger partial charge < -0.3 is 14.0 Å². The van der Waals surface area contributed by atoms with Gasteiger partial charge in [0.05, 0.1) is 6.10 Å². The molecule has 0 aromatic heterocycles. The van der Waals surface area contributed by atoms with Crippen molar-refractivity contribution in [3.05, 3.63) is 0 Å². The number of rotatable bonds is 8. The fourth-order valence-corrected chi connectivity index (χ4v) is 4.30. The third-order valence-electron chi connectivity index (χ3n) is 5.85. The maximum Gasteiger partial charge on any atom is 0.192 e. The van der Waals surface area contributed by atoms with E-state index in [0.717, 1.165) is 13.0 Å². The topological polar surface area (TPSA) is 38.7 Å². The lowest BCUT2D eigenvalue weighted by Crippen LogP contribution is -2.47. The molecule has 0 aromatic carbocycles. The SMILES string of the molecule is C[C@H](CO)[C@H](CCO[Si](C)(C)C(C)(C)C)O[Si](C)(C)C(C)(C)C. The average Bonchev–Trinajstić information content (AvgIpc) is 2.33. The van der Waals surface area contributed by atoms with Crippen LogP contribution >= 0.6 is 0 Å². The molecule has 5 heteroatoms. The van der Waals surface area contributed by atoms with E-state index in [-0.39, 0.29) is 28.7 Å². The number of hydrogen-bond acceptors (Lipinski definition) is 3. The molecule has 0 amide bonds. The zero-order valence-electron chi connectivity index (χ0n) is 17.5. The second kappa shape index (κ2) is 8.13. The monoisotopic (exact) mass is 362 g/mol. The smallest absolute Gasteiger partial charge is 0.192 e. The van der Waals surface area contributed by atoms with Crippen LogP contribution in [0.15, 0.2) is 0 Å².